The first-order valence-electron chi connectivity index (χ1n) is 6.44. The molecule has 0 radical (unpaired) electrons. The van der Waals surface area contributed by atoms with Gasteiger partial charge in [0.15, 0.2) is 5.16 Å². The maximum absolute atomic E-state index is 11.9. The molecule has 2 aromatic carbocycles. The molecule has 1 heterocycles. The normalized spacial score (nSPS) is 10.8. The number of aromatic amines is 1. The van der Waals surface area contributed by atoms with Crippen LogP contribution >= 0.6 is 39.3 Å². The first kappa shape index (κ1) is 15.4. The smallest absolute Gasteiger partial charge is 0.234 e. The van der Waals surface area contributed by atoms with E-state index in [9.17, 15) is 4.79 Å². The van der Waals surface area contributed by atoms with E-state index < -0.39 is 0 Å². The predicted octanol–water partition coefficient (Wildman–Crippen LogP) is 4.71. The van der Waals surface area contributed by atoms with Crippen LogP contribution in [0.4, 0.5) is 5.69 Å². The van der Waals surface area contributed by atoms with Crippen LogP contribution in [0, 0.1) is 0 Å². The molecule has 3 rings (SSSR count). The average molecular weight is 397 g/mol. The molecule has 0 aliphatic carbocycles. The third-order valence-electron chi connectivity index (χ3n) is 2.89. The van der Waals surface area contributed by atoms with E-state index in [0.717, 1.165) is 21.2 Å². The number of thioether (sulfide) groups is 1. The topological polar surface area (TPSA) is 57.8 Å². The van der Waals surface area contributed by atoms with Gasteiger partial charge in [-0.15, -0.1) is 0 Å². The quantitative estimate of drug-likeness (QED) is 0.628. The summed E-state index contributed by atoms with van der Waals surface area (Å²) < 4.78 is 0.973. The highest BCUT2D eigenvalue weighted by atomic mass is 79.9. The van der Waals surface area contributed by atoms with Crippen LogP contribution < -0.4 is 5.32 Å². The number of carbonyl (C=O) groups excluding carboxylic acids is 1. The molecule has 0 atom stereocenters. The van der Waals surface area contributed by atoms with E-state index in [0.29, 0.717) is 10.2 Å². The first-order valence-corrected chi connectivity index (χ1v) is 8.59. The SMILES string of the molecule is O=C(CSc1nc2ccc(Cl)cc2[nH]1)Nc1ccc(Br)cc1. The van der Waals surface area contributed by atoms with Crippen LogP contribution in [0.2, 0.25) is 5.02 Å². The number of nitrogens with one attached hydrogen (secondary N) is 2. The van der Waals surface area contributed by atoms with E-state index in [2.05, 4.69) is 31.2 Å². The fourth-order valence-electron chi connectivity index (χ4n) is 1.89. The molecule has 3 aromatic rings. The average Bonchev–Trinajstić information content (AvgIpc) is 2.89. The van der Waals surface area contributed by atoms with Crippen LogP contribution in [0.5, 0.6) is 0 Å². The molecule has 0 fully saturated rings. The minimum absolute atomic E-state index is 0.0780. The number of imidazole rings is 1. The first-order chi connectivity index (χ1) is 10.6. The molecule has 112 valence electrons. The van der Waals surface area contributed by atoms with Crippen molar-refractivity contribution < 1.29 is 4.79 Å². The number of hydrogen-bond acceptors (Lipinski definition) is 3. The number of amides is 1. The Balaban J connectivity index is 1.61. The Hall–Kier alpha value is -1.50. The summed E-state index contributed by atoms with van der Waals surface area (Å²) >= 11 is 10.6. The second-order valence-corrected chi connectivity index (χ2v) is 6.86. The zero-order chi connectivity index (χ0) is 15.5. The summed E-state index contributed by atoms with van der Waals surface area (Å²) in [6.45, 7) is 0. The lowest BCUT2D eigenvalue weighted by atomic mass is 10.3. The molecule has 4 nitrogen and oxygen atoms in total. The molecule has 0 spiro atoms. The fraction of sp³-hybridized carbons (Fsp3) is 0.0667. The number of benzene rings is 2. The van der Waals surface area contributed by atoms with Crippen LogP contribution in [-0.2, 0) is 4.79 Å². The van der Waals surface area contributed by atoms with E-state index in [1.807, 2.05) is 36.4 Å². The molecule has 22 heavy (non-hydrogen) atoms. The highest BCUT2D eigenvalue weighted by Crippen LogP contribution is 2.22. The van der Waals surface area contributed by atoms with Gasteiger partial charge in [0.05, 0.1) is 16.8 Å². The van der Waals surface area contributed by atoms with Gasteiger partial charge >= 0.3 is 0 Å². The summed E-state index contributed by atoms with van der Waals surface area (Å²) in [5.74, 6) is 0.203. The zero-order valence-corrected chi connectivity index (χ0v) is 14.4. The second kappa shape index (κ2) is 6.73. The van der Waals surface area contributed by atoms with Crippen LogP contribution in [0.25, 0.3) is 11.0 Å². The number of nitrogens with zero attached hydrogens (tertiary/aromatic N) is 1. The molecule has 7 heteroatoms. The van der Waals surface area contributed by atoms with Crippen molar-refractivity contribution >= 4 is 61.9 Å². The molecular weight excluding hydrogens is 386 g/mol. The third kappa shape index (κ3) is 3.82. The molecule has 1 amide bonds. The van der Waals surface area contributed by atoms with Crippen LogP contribution in [-0.4, -0.2) is 21.6 Å². The fourth-order valence-corrected chi connectivity index (χ4v) is 3.01. The molecule has 1 aromatic heterocycles. The summed E-state index contributed by atoms with van der Waals surface area (Å²) in [7, 11) is 0. The molecule has 2 N–H and O–H groups in total. The summed E-state index contributed by atoms with van der Waals surface area (Å²) in [5, 5.41) is 4.19. The van der Waals surface area contributed by atoms with Crippen molar-refractivity contribution in [1.29, 1.82) is 0 Å². The van der Waals surface area contributed by atoms with Gasteiger partial charge in [0.1, 0.15) is 0 Å². The van der Waals surface area contributed by atoms with Gasteiger partial charge in [-0.2, -0.15) is 0 Å². The molecule has 0 unspecified atom stereocenters. The van der Waals surface area contributed by atoms with Crippen molar-refractivity contribution in [1.82, 2.24) is 9.97 Å². The molecule has 0 bridgehead atoms. The number of halogens is 2. The van der Waals surface area contributed by atoms with Gasteiger partial charge in [0, 0.05) is 15.2 Å². The number of carbonyl (C=O) groups is 1. The number of rotatable bonds is 4. The number of hydrogen-bond donors (Lipinski definition) is 2. The van der Waals surface area contributed by atoms with Gasteiger partial charge in [-0.05, 0) is 42.5 Å². The molecule has 0 aliphatic heterocycles. The number of anilines is 1. The van der Waals surface area contributed by atoms with Crippen molar-refractivity contribution in [2.45, 2.75) is 5.16 Å². The molecular formula is C15H11BrClN3OS. The third-order valence-corrected chi connectivity index (χ3v) is 4.53. The van der Waals surface area contributed by atoms with Crippen LogP contribution in [0.3, 0.4) is 0 Å². The van der Waals surface area contributed by atoms with Gasteiger partial charge in [-0.3, -0.25) is 4.79 Å². The number of fused-ring (bicyclic) bond motifs is 1. The lowest BCUT2D eigenvalue weighted by molar-refractivity contribution is -0.113. The van der Waals surface area contributed by atoms with E-state index >= 15 is 0 Å². The molecule has 0 saturated heterocycles. The van der Waals surface area contributed by atoms with Crippen molar-refractivity contribution in [3.63, 3.8) is 0 Å². The van der Waals surface area contributed by atoms with E-state index in [4.69, 9.17) is 11.6 Å². The van der Waals surface area contributed by atoms with Crippen molar-refractivity contribution in [2.75, 3.05) is 11.1 Å². The molecule has 0 saturated carbocycles. The highest BCUT2D eigenvalue weighted by Gasteiger charge is 2.08. The van der Waals surface area contributed by atoms with Gasteiger partial charge in [0.2, 0.25) is 5.91 Å². The predicted molar refractivity (Wildman–Crippen MR) is 94.6 cm³/mol. The van der Waals surface area contributed by atoms with Crippen LogP contribution in [0.1, 0.15) is 0 Å². The Kier molecular flexibility index (Phi) is 4.71. The maximum Gasteiger partial charge on any atom is 0.234 e. The number of H-pyrrole nitrogens is 1. The van der Waals surface area contributed by atoms with Gasteiger partial charge < -0.3 is 10.3 Å². The van der Waals surface area contributed by atoms with Crippen molar-refractivity contribution in [2.24, 2.45) is 0 Å². The largest absolute Gasteiger partial charge is 0.333 e. The second-order valence-electron chi connectivity index (χ2n) is 4.55. The van der Waals surface area contributed by atoms with E-state index in [1.54, 1.807) is 6.07 Å². The van der Waals surface area contributed by atoms with Crippen molar-refractivity contribution in [3.8, 4) is 0 Å². The standard InChI is InChI=1S/C15H11BrClN3OS/c16-9-1-4-11(5-2-9)18-14(21)8-22-15-19-12-6-3-10(17)7-13(12)20-15/h1-7H,8H2,(H,18,21)(H,19,20). The maximum atomic E-state index is 11.9. The van der Waals surface area contributed by atoms with E-state index in [-0.39, 0.29) is 11.7 Å². The lowest BCUT2D eigenvalue weighted by Gasteiger charge is -2.04. The Morgan fingerprint density at radius 2 is 2.05 bits per heavy atom. The zero-order valence-electron chi connectivity index (χ0n) is 11.3. The summed E-state index contributed by atoms with van der Waals surface area (Å²) in [4.78, 5) is 19.5. The monoisotopic (exact) mass is 395 g/mol. The number of aromatic nitrogens is 2. The van der Waals surface area contributed by atoms with Gasteiger partial charge in [0.25, 0.3) is 0 Å². The Bertz CT molecular complexity index is 819. The van der Waals surface area contributed by atoms with Gasteiger partial charge in [-0.1, -0.05) is 39.3 Å². The lowest BCUT2D eigenvalue weighted by Crippen LogP contribution is -2.13. The minimum Gasteiger partial charge on any atom is -0.333 e. The van der Waals surface area contributed by atoms with Crippen LogP contribution in [0.15, 0.2) is 52.1 Å². The van der Waals surface area contributed by atoms with Gasteiger partial charge in [-0.25, -0.2) is 4.98 Å². The highest BCUT2D eigenvalue weighted by molar-refractivity contribution is 9.10. The summed E-state index contributed by atoms with van der Waals surface area (Å²) in [6, 6.07) is 12.9. The Morgan fingerprint density at radius 1 is 1.27 bits per heavy atom. The van der Waals surface area contributed by atoms with E-state index in [1.165, 1.54) is 11.8 Å². The Labute approximate surface area is 144 Å². The Morgan fingerprint density at radius 3 is 2.82 bits per heavy atom. The molecule has 0 aliphatic rings. The minimum atomic E-state index is -0.0780. The summed E-state index contributed by atoms with van der Waals surface area (Å²) in [5.41, 5.74) is 2.47. The van der Waals surface area contributed by atoms with Crippen molar-refractivity contribution in [3.05, 3.63) is 52.0 Å². The summed E-state index contributed by atoms with van der Waals surface area (Å²) in [6.07, 6.45) is 0.